The van der Waals surface area contributed by atoms with Crippen molar-refractivity contribution in [3.8, 4) is 0 Å². The minimum absolute atomic E-state index is 0.279. The number of non-ortho nitro benzene ring substituents is 1. The molecule has 9 heteroatoms. The van der Waals surface area contributed by atoms with E-state index in [-0.39, 0.29) is 6.61 Å². The fourth-order valence-electron chi connectivity index (χ4n) is 1.06. The highest BCUT2D eigenvalue weighted by Crippen LogP contribution is 2.30. The van der Waals surface area contributed by atoms with Gasteiger partial charge in [0.2, 0.25) is 0 Å². The van der Waals surface area contributed by atoms with Gasteiger partial charge >= 0.3 is 6.18 Å². The van der Waals surface area contributed by atoms with Gasteiger partial charge in [0.05, 0.1) is 17.1 Å². The predicted octanol–water partition coefficient (Wildman–Crippen LogP) is 1.31. The Morgan fingerprint density at radius 3 is 2.26 bits per heavy atom. The number of aliphatic hydroxyl groups excluding tert-OH is 2. The fraction of sp³-hybridized carbons (Fsp3) is 0.400. The predicted molar refractivity (Wildman–Crippen MR) is 56.1 cm³/mol. The number of ether oxygens (including phenoxy) is 1. The number of nitrogens with zero attached hydrogens (tertiary/aromatic N) is 1. The summed E-state index contributed by atoms with van der Waals surface area (Å²) in [6, 6.07) is 3.29. The number of hydrogen-bond donors (Lipinski definition) is 2. The number of nitro groups is 1. The van der Waals surface area contributed by atoms with Crippen molar-refractivity contribution in [1.82, 2.24) is 0 Å². The van der Waals surface area contributed by atoms with Crippen LogP contribution >= 0.6 is 0 Å². The molecule has 0 radical (unpaired) electrons. The molecule has 1 aliphatic heterocycles. The molecular weight excluding hydrogens is 271 g/mol. The Morgan fingerprint density at radius 1 is 1.37 bits per heavy atom. The van der Waals surface area contributed by atoms with E-state index in [1.54, 1.807) is 0 Å². The lowest BCUT2D eigenvalue weighted by atomic mass is 10.2. The number of nitro benzene ring substituents is 1. The van der Waals surface area contributed by atoms with Gasteiger partial charge in [-0.2, -0.15) is 13.2 Å². The largest absolute Gasteiger partial charge is 0.416 e. The Morgan fingerprint density at radius 2 is 1.95 bits per heavy atom. The first-order valence-electron chi connectivity index (χ1n) is 5.01. The monoisotopic (exact) mass is 281 g/mol. The van der Waals surface area contributed by atoms with E-state index in [1.807, 2.05) is 0 Å². The van der Waals surface area contributed by atoms with Gasteiger partial charge in [0, 0.05) is 12.1 Å². The summed E-state index contributed by atoms with van der Waals surface area (Å²) in [5.74, 6) is 0. The van der Waals surface area contributed by atoms with Gasteiger partial charge < -0.3 is 14.9 Å². The average molecular weight is 281 g/mol. The molecule has 2 unspecified atom stereocenters. The Bertz CT molecular complexity index is 443. The minimum atomic E-state index is -4.54. The molecule has 2 rings (SSSR count). The third-order valence-corrected chi connectivity index (χ3v) is 2.15. The molecule has 0 spiro atoms. The molecule has 1 heterocycles. The summed E-state index contributed by atoms with van der Waals surface area (Å²) in [5.41, 5.74) is -1.57. The van der Waals surface area contributed by atoms with E-state index in [9.17, 15) is 23.3 Å². The normalized spacial score (nSPS) is 21.9. The van der Waals surface area contributed by atoms with Gasteiger partial charge in [-0.3, -0.25) is 10.1 Å². The summed E-state index contributed by atoms with van der Waals surface area (Å²) in [7, 11) is 0. The Kier molecular flexibility index (Phi) is 4.81. The number of benzene rings is 1. The second kappa shape index (κ2) is 5.95. The third-order valence-electron chi connectivity index (χ3n) is 2.15. The molecule has 6 nitrogen and oxygen atoms in total. The molecule has 1 saturated heterocycles. The van der Waals surface area contributed by atoms with Crippen molar-refractivity contribution in [3.63, 3.8) is 0 Å². The van der Waals surface area contributed by atoms with Crippen LogP contribution in [0.1, 0.15) is 5.56 Å². The Labute approximate surface area is 105 Å². The van der Waals surface area contributed by atoms with Crippen molar-refractivity contribution in [2.24, 2.45) is 0 Å². The van der Waals surface area contributed by atoms with Gasteiger partial charge in [0.15, 0.2) is 6.29 Å². The second-order valence-corrected chi connectivity index (χ2v) is 3.60. The van der Waals surface area contributed by atoms with E-state index < -0.39 is 34.7 Å². The van der Waals surface area contributed by atoms with Gasteiger partial charge in [-0.25, -0.2) is 0 Å². The van der Waals surface area contributed by atoms with Gasteiger partial charge in [-0.15, -0.1) is 0 Å². The average Bonchev–Trinajstić information content (AvgIpc) is 2.36. The number of aliphatic hydroxyl groups is 2. The van der Waals surface area contributed by atoms with Crippen LogP contribution in [0.3, 0.4) is 0 Å². The summed E-state index contributed by atoms with van der Waals surface area (Å²) in [6.45, 7) is 0.279. The zero-order valence-corrected chi connectivity index (χ0v) is 9.37. The van der Waals surface area contributed by atoms with Crippen molar-refractivity contribution < 1.29 is 33.0 Å². The maximum atomic E-state index is 12.0. The van der Waals surface area contributed by atoms with Crippen LogP contribution in [0.5, 0.6) is 0 Å². The molecule has 1 aromatic rings. The molecule has 0 aromatic heterocycles. The number of alkyl halides is 3. The van der Waals surface area contributed by atoms with Crippen LogP contribution in [0, 0.1) is 10.1 Å². The lowest BCUT2D eigenvalue weighted by Crippen LogP contribution is -2.44. The minimum Gasteiger partial charge on any atom is -0.385 e. The highest BCUT2D eigenvalue weighted by Gasteiger charge is 2.31. The van der Waals surface area contributed by atoms with E-state index >= 15 is 0 Å². The molecule has 2 N–H and O–H groups in total. The van der Waals surface area contributed by atoms with Gasteiger partial charge in [0.25, 0.3) is 5.69 Å². The third kappa shape index (κ3) is 4.47. The molecule has 106 valence electrons. The van der Waals surface area contributed by atoms with E-state index in [0.29, 0.717) is 6.07 Å². The first-order chi connectivity index (χ1) is 8.71. The Hall–Kier alpha value is -1.71. The molecule has 0 bridgehead atoms. The summed E-state index contributed by atoms with van der Waals surface area (Å²) in [6.07, 6.45) is -6.08. The Balaban J connectivity index is 0.000000250. The highest BCUT2D eigenvalue weighted by atomic mass is 19.4. The number of rotatable bonds is 1. The topological polar surface area (TPSA) is 92.8 Å². The molecule has 0 saturated carbocycles. The summed E-state index contributed by atoms with van der Waals surface area (Å²) in [5, 5.41) is 26.7. The lowest BCUT2D eigenvalue weighted by Gasteiger charge is -2.27. The van der Waals surface area contributed by atoms with Crippen molar-refractivity contribution in [3.05, 3.63) is 39.9 Å². The van der Waals surface area contributed by atoms with Crippen molar-refractivity contribution in [2.75, 3.05) is 6.61 Å². The quantitative estimate of drug-likeness (QED) is 0.598. The molecule has 1 aliphatic rings. The van der Waals surface area contributed by atoms with Gasteiger partial charge in [-0.1, -0.05) is 6.07 Å². The van der Waals surface area contributed by atoms with E-state index in [4.69, 9.17) is 10.2 Å². The van der Waals surface area contributed by atoms with Crippen molar-refractivity contribution in [2.45, 2.75) is 18.6 Å². The van der Waals surface area contributed by atoms with Gasteiger partial charge in [0.1, 0.15) is 6.10 Å². The first kappa shape index (κ1) is 15.3. The molecule has 1 aromatic carbocycles. The number of halogens is 3. The van der Waals surface area contributed by atoms with E-state index in [2.05, 4.69) is 4.74 Å². The zero-order chi connectivity index (χ0) is 14.6. The van der Waals surface area contributed by atoms with Crippen LogP contribution in [0.15, 0.2) is 24.3 Å². The van der Waals surface area contributed by atoms with Crippen LogP contribution in [-0.2, 0) is 10.9 Å². The summed E-state index contributed by atoms with van der Waals surface area (Å²) >= 11 is 0. The highest BCUT2D eigenvalue weighted by molar-refractivity contribution is 5.35. The second-order valence-electron chi connectivity index (χ2n) is 3.60. The zero-order valence-electron chi connectivity index (χ0n) is 9.37. The molecule has 0 aliphatic carbocycles. The van der Waals surface area contributed by atoms with Crippen LogP contribution in [-0.4, -0.2) is 34.1 Å². The SMILES string of the molecule is O=[N+]([O-])c1cccc(C(F)(F)F)c1.OC1COC1O. The summed E-state index contributed by atoms with van der Waals surface area (Å²) in [4.78, 5) is 9.25. The summed E-state index contributed by atoms with van der Waals surface area (Å²) < 4.78 is 40.4. The van der Waals surface area contributed by atoms with Crippen LogP contribution < -0.4 is 0 Å². The lowest BCUT2D eigenvalue weighted by molar-refractivity contribution is -0.385. The van der Waals surface area contributed by atoms with Crippen LogP contribution in [0.2, 0.25) is 0 Å². The standard InChI is InChI=1S/C7H4F3NO2.C3H6O3/c8-7(9,10)5-2-1-3-6(4-5)11(12)13;4-2-1-6-3(2)5/h1-4H;2-5H,1H2. The smallest absolute Gasteiger partial charge is 0.385 e. The van der Waals surface area contributed by atoms with Crippen LogP contribution in [0.25, 0.3) is 0 Å². The fourth-order valence-corrected chi connectivity index (χ4v) is 1.06. The molecule has 19 heavy (non-hydrogen) atoms. The van der Waals surface area contributed by atoms with E-state index in [0.717, 1.165) is 18.2 Å². The van der Waals surface area contributed by atoms with Crippen molar-refractivity contribution in [1.29, 1.82) is 0 Å². The maximum Gasteiger partial charge on any atom is 0.416 e. The van der Waals surface area contributed by atoms with Crippen molar-refractivity contribution >= 4 is 5.69 Å². The van der Waals surface area contributed by atoms with Gasteiger partial charge in [-0.05, 0) is 6.07 Å². The molecule has 1 fully saturated rings. The molecule has 2 atom stereocenters. The van der Waals surface area contributed by atoms with E-state index in [1.165, 1.54) is 0 Å². The maximum absolute atomic E-state index is 12.0. The first-order valence-corrected chi connectivity index (χ1v) is 5.01. The molecular formula is C10H10F3NO5. The number of hydrogen-bond acceptors (Lipinski definition) is 5. The van der Waals surface area contributed by atoms with Crippen LogP contribution in [0.4, 0.5) is 18.9 Å². The molecule has 0 amide bonds.